The van der Waals surface area contributed by atoms with Crippen LogP contribution in [0.15, 0.2) is 50.2 Å². The van der Waals surface area contributed by atoms with Crippen LogP contribution in [0.1, 0.15) is 11.7 Å². The molecule has 1 aliphatic heterocycles. The largest absolute Gasteiger partial charge is 0.459 e. The number of nitrogens with zero attached hydrogens (tertiary/aromatic N) is 2. The molecule has 0 fully saturated rings. The fourth-order valence-corrected chi connectivity index (χ4v) is 2.31. The van der Waals surface area contributed by atoms with Crippen LogP contribution in [-0.4, -0.2) is 21.7 Å². The van der Waals surface area contributed by atoms with E-state index in [1.807, 2.05) is 0 Å². The summed E-state index contributed by atoms with van der Waals surface area (Å²) < 4.78 is 21.7. The molecule has 1 N–H and O–H groups in total. The minimum atomic E-state index is -0.947. The first-order chi connectivity index (χ1) is 11.2. The van der Waals surface area contributed by atoms with Crippen LogP contribution >= 0.6 is 0 Å². The molecule has 3 aromatic rings. The number of rotatable bonds is 4. The number of fused-ring (bicyclic) bond motifs is 1. The van der Waals surface area contributed by atoms with Crippen molar-refractivity contribution in [1.29, 1.82) is 0 Å². The molecule has 0 spiro atoms. The molecule has 118 valence electrons. The normalized spacial score (nSPS) is 14.1. The first kappa shape index (κ1) is 13.6. The Kier molecular flexibility index (Phi) is 3.16. The number of aliphatic hydroxyl groups is 1. The third-order valence-corrected chi connectivity index (χ3v) is 3.47. The summed E-state index contributed by atoms with van der Waals surface area (Å²) in [6.07, 6.45) is 0.507. The highest BCUT2D eigenvalue weighted by Gasteiger charge is 2.19. The standard InChI is InChI=1S/C15H12N2O6/c18-10(9-3-4-11-13(6-9)22-8-21-11)7-17-15(19)23-14(16-17)12-2-1-5-20-12/h1-6,10,18H,7-8H2/t10-/m0/s1. The van der Waals surface area contributed by atoms with Gasteiger partial charge in [-0.2, -0.15) is 4.68 Å². The zero-order chi connectivity index (χ0) is 15.8. The van der Waals surface area contributed by atoms with Gasteiger partial charge >= 0.3 is 5.76 Å². The highest BCUT2D eigenvalue weighted by Crippen LogP contribution is 2.34. The maximum absolute atomic E-state index is 11.8. The maximum Gasteiger partial charge on any atom is 0.437 e. The van der Waals surface area contributed by atoms with Crippen molar-refractivity contribution >= 4 is 0 Å². The second-order valence-corrected chi connectivity index (χ2v) is 4.96. The lowest BCUT2D eigenvalue weighted by atomic mass is 10.1. The van der Waals surface area contributed by atoms with Crippen LogP contribution in [0.4, 0.5) is 0 Å². The van der Waals surface area contributed by atoms with Gasteiger partial charge in [-0.25, -0.2) is 4.79 Å². The molecule has 0 aliphatic carbocycles. The zero-order valence-electron chi connectivity index (χ0n) is 11.8. The van der Waals surface area contributed by atoms with E-state index in [1.165, 1.54) is 6.26 Å². The first-order valence-electron chi connectivity index (χ1n) is 6.90. The quantitative estimate of drug-likeness (QED) is 0.779. The van der Waals surface area contributed by atoms with Gasteiger partial charge in [-0.15, -0.1) is 5.10 Å². The van der Waals surface area contributed by atoms with Crippen LogP contribution in [0.2, 0.25) is 0 Å². The van der Waals surface area contributed by atoms with Gasteiger partial charge in [-0.05, 0) is 29.8 Å². The molecule has 0 unspecified atom stereocenters. The molecule has 23 heavy (non-hydrogen) atoms. The smallest absolute Gasteiger partial charge is 0.437 e. The Hall–Kier alpha value is -3.00. The summed E-state index contributed by atoms with van der Waals surface area (Å²) in [5.74, 6) is 0.928. The summed E-state index contributed by atoms with van der Waals surface area (Å²) in [7, 11) is 0. The van der Waals surface area contributed by atoms with Crippen molar-refractivity contribution < 1.29 is 23.4 Å². The molecule has 4 rings (SSSR count). The molecular weight excluding hydrogens is 304 g/mol. The highest BCUT2D eigenvalue weighted by molar-refractivity contribution is 5.45. The second kappa shape index (κ2) is 5.33. The Morgan fingerprint density at radius 1 is 1.26 bits per heavy atom. The first-order valence-corrected chi connectivity index (χ1v) is 6.90. The number of hydrogen-bond acceptors (Lipinski definition) is 7. The lowest BCUT2D eigenvalue weighted by Gasteiger charge is -2.10. The summed E-state index contributed by atoms with van der Waals surface area (Å²) in [6.45, 7) is 0.104. The molecule has 3 heterocycles. The predicted molar refractivity (Wildman–Crippen MR) is 76.0 cm³/mol. The molecule has 1 aliphatic rings. The van der Waals surface area contributed by atoms with Crippen LogP contribution in [-0.2, 0) is 6.54 Å². The number of aromatic nitrogens is 2. The van der Waals surface area contributed by atoms with Crippen LogP contribution in [0.5, 0.6) is 11.5 Å². The van der Waals surface area contributed by atoms with E-state index >= 15 is 0 Å². The summed E-state index contributed by atoms with van der Waals surface area (Å²) in [4.78, 5) is 11.8. The maximum atomic E-state index is 11.8. The summed E-state index contributed by atoms with van der Waals surface area (Å²) in [6, 6.07) is 8.38. The van der Waals surface area contributed by atoms with E-state index in [0.29, 0.717) is 22.8 Å². The average Bonchev–Trinajstić information content (AvgIpc) is 3.27. The van der Waals surface area contributed by atoms with Crippen molar-refractivity contribution in [3.8, 4) is 23.1 Å². The Balaban J connectivity index is 1.57. The van der Waals surface area contributed by atoms with Gasteiger partial charge in [0.05, 0.1) is 18.9 Å². The van der Waals surface area contributed by atoms with Gasteiger partial charge < -0.3 is 23.4 Å². The average molecular weight is 316 g/mol. The van der Waals surface area contributed by atoms with Crippen molar-refractivity contribution in [2.45, 2.75) is 12.6 Å². The number of furan rings is 1. The Bertz CT molecular complexity index is 880. The number of aliphatic hydroxyl groups excluding tert-OH is 1. The van der Waals surface area contributed by atoms with Crippen molar-refractivity contribution in [2.24, 2.45) is 0 Å². The lowest BCUT2D eigenvalue weighted by molar-refractivity contribution is 0.147. The van der Waals surface area contributed by atoms with Gasteiger partial charge in [0.2, 0.25) is 6.79 Å². The molecule has 0 saturated carbocycles. The van der Waals surface area contributed by atoms with Gasteiger partial charge in [-0.3, -0.25) is 0 Å². The molecule has 0 saturated heterocycles. The SMILES string of the molecule is O=c1oc(-c2ccco2)nn1C[C@H](O)c1ccc2c(c1)OCO2. The fraction of sp³-hybridized carbons (Fsp3) is 0.200. The predicted octanol–water partition coefficient (Wildman–Crippen LogP) is 1.56. The molecule has 0 radical (unpaired) electrons. The van der Waals surface area contributed by atoms with E-state index in [2.05, 4.69) is 5.10 Å². The topological polar surface area (TPSA) is 99.9 Å². The van der Waals surface area contributed by atoms with E-state index < -0.39 is 11.9 Å². The summed E-state index contributed by atoms with van der Waals surface area (Å²) in [5.41, 5.74) is 0.587. The zero-order valence-corrected chi connectivity index (χ0v) is 11.8. The molecule has 0 amide bonds. The van der Waals surface area contributed by atoms with Gasteiger partial charge in [0.15, 0.2) is 17.3 Å². The Morgan fingerprint density at radius 3 is 2.96 bits per heavy atom. The van der Waals surface area contributed by atoms with E-state index in [1.54, 1.807) is 30.3 Å². The van der Waals surface area contributed by atoms with Crippen molar-refractivity contribution in [3.63, 3.8) is 0 Å². The van der Waals surface area contributed by atoms with Crippen molar-refractivity contribution in [3.05, 3.63) is 52.7 Å². The van der Waals surface area contributed by atoms with E-state index in [9.17, 15) is 9.90 Å². The molecule has 8 heteroatoms. The third-order valence-electron chi connectivity index (χ3n) is 3.47. The molecule has 8 nitrogen and oxygen atoms in total. The van der Waals surface area contributed by atoms with Gasteiger partial charge in [-0.1, -0.05) is 6.07 Å². The van der Waals surface area contributed by atoms with Crippen LogP contribution in [0, 0.1) is 0 Å². The lowest BCUT2D eigenvalue weighted by Crippen LogP contribution is -2.20. The minimum Gasteiger partial charge on any atom is -0.459 e. The Morgan fingerprint density at radius 2 is 2.13 bits per heavy atom. The molecule has 1 aromatic carbocycles. The number of benzene rings is 1. The summed E-state index contributed by atoms with van der Waals surface area (Å²) >= 11 is 0. The number of ether oxygens (including phenoxy) is 2. The second-order valence-electron chi connectivity index (χ2n) is 4.96. The molecule has 1 atom stereocenters. The molecular formula is C15H12N2O6. The van der Waals surface area contributed by atoms with E-state index in [0.717, 1.165) is 4.68 Å². The van der Waals surface area contributed by atoms with Crippen molar-refractivity contribution in [2.75, 3.05) is 6.79 Å². The van der Waals surface area contributed by atoms with Gasteiger partial charge in [0, 0.05) is 0 Å². The van der Waals surface area contributed by atoms with Crippen molar-refractivity contribution in [1.82, 2.24) is 9.78 Å². The van der Waals surface area contributed by atoms with E-state index in [-0.39, 0.29) is 19.2 Å². The van der Waals surface area contributed by atoms with E-state index in [4.69, 9.17) is 18.3 Å². The molecule has 0 bridgehead atoms. The monoisotopic (exact) mass is 316 g/mol. The highest BCUT2D eigenvalue weighted by atomic mass is 16.7. The summed E-state index contributed by atoms with van der Waals surface area (Å²) in [5, 5.41) is 14.3. The van der Waals surface area contributed by atoms with Gasteiger partial charge in [0.25, 0.3) is 5.89 Å². The fourth-order valence-electron chi connectivity index (χ4n) is 2.31. The van der Waals surface area contributed by atoms with Crippen LogP contribution in [0.3, 0.4) is 0 Å². The minimum absolute atomic E-state index is 0.0529. The third kappa shape index (κ3) is 2.49. The van der Waals surface area contributed by atoms with Crippen LogP contribution < -0.4 is 15.2 Å². The number of hydrogen-bond donors (Lipinski definition) is 1. The molecule has 2 aromatic heterocycles. The van der Waals surface area contributed by atoms with Gasteiger partial charge in [0.1, 0.15) is 0 Å². The Labute approximate surface area is 129 Å². The van der Waals surface area contributed by atoms with Crippen LogP contribution in [0.25, 0.3) is 11.7 Å².